The number of hydrogen-bond donors (Lipinski definition) is 2. The summed E-state index contributed by atoms with van der Waals surface area (Å²) in [5.74, 6) is 0.0448. The number of rotatable bonds is 7. The fourth-order valence-corrected chi connectivity index (χ4v) is 3.44. The monoisotopic (exact) mass is 373 g/mol. The van der Waals surface area contributed by atoms with E-state index in [4.69, 9.17) is 11.0 Å². The molecule has 0 saturated heterocycles. The van der Waals surface area contributed by atoms with Gasteiger partial charge < -0.3 is 11.1 Å². The van der Waals surface area contributed by atoms with E-state index in [0.717, 1.165) is 19.1 Å². The Hall–Kier alpha value is -2.86. The lowest BCUT2D eigenvalue weighted by molar-refractivity contribution is 0.100. The van der Waals surface area contributed by atoms with Crippen molar-refractivity contribution >= 4 is 27.2 Å². The maximum atomic E-state index is 11.8. The number of benzene rings is 1. The predicted molar refractivity (Wildman–Crippen MR) is 95.6 cm³/mol. The molecule has 1 heterocycles. The summed E-state index contributed by atoms with van der Waals surface area (Å²) >= 11 is 0. The number of carbonyl (C=O) groups is 1. The molecule has 0 radical (unpaired) electrons. The second kappa shape index (κ2) is 6.80. The third-order valence-electron chi connectivity index (χ3n) is 4.35. The van der Waals surface area contributed by atoms with Crippen molar-refractivity contribution in [1.29, 1.82) is 5.26 Å². The number of anilines is 2. The zero-order chi connectivity index (χ0) is 18.9. The van der Waals surface area contributed by atoms with E-state index in [1.165, 1.54) is 12.1 Å². The molecule has 1 aliphatic rings. The van der Waals surface area contributed by atoms with E-state index in [-0.39, 0.29) is 22.3 Å². The van der Waals surface area contributed by atoms with Gasteiger partial charge in [0.25, 0.3) is 5.91 Å². The number of primary amides is 1. The summed E-state index contributed by atoms with van der Waals surface area (Å²) < 4.78 is 24.7. The summed E-state index contributed by atoms with van der Waals surface area (Å²) in [6, 6.07) is 8.21. The average Bonchev–Trinajstić information content (AvgIpc) is 3.32. The average molecular weight is 373 g/mol. The first-order valence-corrected chi connectivity index (χ1v) is 10.0. The highest BCUT2D eigenvalue weighted by molar-refractivity contribution is 7.90. The molecule has 2 aromatic rings. The summed E-state index contributed by atoms with van der Waals surface area (Å²) in [6.07, 6.45) is 5.08. The highest BCUT2D eigenvalue weighted by atomic mass is 32.2. The van der Waals surface area contributed by atoms with Crippen LogP contribution in [0.1, 0.15) is 35.7 Å². The first-order valence-electron chi connectivity index (χ1n) is 8.12. The van der Waals surface area contributed by atoms with Gasteiger partial charge in [-0.3, -0.25) is 9.48 Å². The fraction of sp³-hybridized carbons (Fsp3) is 0.353. The second-order valence-corrected chi connectivity index (χ2v) is 8.44. The topological polar surface area (TPSA) is 131 Å². The first-order chi connectivity index (χ1) is 12.3. The summed E-state index contributed by atoms with van der Waals surface area (Å²) in [4.78, 5) is 12.0. The summed E-state index contributed by atoms with van der Waals surface area (Å²) in [6.45, 7) is 0. The molecular formula is C17H19N5O3S. The number of sulfone groups is 1. The van der Waals surface area contributed by atoms with Gasteiger partial charge >= 0.3 is 0 Å². The Balaban J connectivity index is 1.89. The van der Waals surface area contributed by atoms with Crippen LogP contribution < -0.4 is 11.1 Å². The van der Waals surface area contributed by atoms with Crippen LogP contribution >= 0.6 is 0 Å². The van der Waals surface area contributed by atoms with Crippen LogP contribution in [-0.4, -0.2) is 30.4 Å². The van der Waals surface area contributed by atoms with Crippen LogP contribution in [-0.2, 0) is 9.84 Å². The molecule has 3 N–H and O–H groups in total. The number of amides is 1. The van der Waals surface area contributed by atoms with E-state index in [0.29, 0.717) is 18.0 Å². The molecule has 1 amide bonds. The van der Waals surface area contributed by atoms with Crippen LogP contribution in [0.5, 0.6) is 0 Å². The molecule has 0 spiro atoms. The molecule has 136 valence electrons. The lowest BCUT2D eigenvalue weighted by Gasteiger charge is -2.12. The number of aromatic nitrogens is 2. The first kappa shape index (κ1) is 17.9. The molecular weight excluding hydrogens is 354 g/mol. The van der Waals surface area contributed by atoms with E-state index in [1.54, 1.807) is 23.0 Å². The molecule has 1 unspecified atom stereocenters. The van der Waals surface area contributed by atoms with Crippen molar-refractivity contribution in [1.82, 2.24) is 9.78 Å². The summed E-state index contributed by atoms with van der Waals surface area (Å²) in [7, 11) is -3.28. The van der Waals surface area contributed by atoms with Crippen LogP contribution in [0.15, 0.2) is 35.4 Å². The second-order valence-electron chi connectivity index (χ2n) is 6.42. The van der Waals surface area contributed by atoms with Crippen LogP contribution in [0.4, 0.5) is 11.5 Å². The van der Waals surface area contributed by atoms with Gasteiger partial charge in [0.1, 0.15) is 5.56 Å². The van der Waals surface area contributed by atoms with E-state index in [9.17, 15) is 13.2 Å². The van der Waals surface area contributed by atoms with Crippen molar-refractivity contribution in [2.24, 2.45) is 11.7 Å². The van der Waals surface area contributed by atoms with Crippen LogP contribution in [0.3, 0.4) is 0 Å². The van der Waals surface area contributed by atoms with E-state index < -0.39 is 15.7 Å². The normalized spacial score (nSPS) is 15.2. The molecule has 1 atom stereocenters. The van der Waals surface area contributed by atoms with Gasteiger partial charge in [-0.25, -0.2) is 8.42 Å². The van der Waals surface area contributed by atoms with Gasteiger partial charge in [-0.1, -0.05) is 0 Å². The van der Waals surface area contributed by atoms with Crippen LogP contribution in [0, 0.1) is 17.2 Å². The Labute approximate surface area is 151 Å². The van der Waals surface area contributed by atoms with Crippen molar-refractivity contribution < 1.29 is 13.2 Å². The largest absolute Gasteiger partial charge is 0.365 e. The molecule has 0 bridgehead atoms. The van der Waals surface area contributed by atoms with Gasteiger partial charge in [0.05, 0.1) is 23.4 Å². The lowest BCUT2D eigenvalue weighted by Crippen LogP contribution is -2.12. The van der Waals surface area contributed by atoms with Gasteiger partial charge in [-0.05, 0) is 43.0 Å². The van der Waals surface area contributed by atoms with Gasteiger partial charge in [-0.2, -0.15) is 10.4 Å². The highest BCUT2D eigenvalue weighted by Crippen LogP contribution is 2.41. The molecule has 0 aliphatic heterocycles. The van der Waals surface area contributed by atoms with Crippen molar-refractivity contribution in [3.05, 3.63) is 36.0 Å². The van der Waals surface area contributed by atoms with Gasteiger partial charge in [0.15, 0.2) is 15.7 Å². The minimum Gasteiger partial charge on any atom is -0.365 e. The molecule has 1 aromatic heterocycles. The molecule has 9 heteroatoms. The Morgan fingerprint density at radius 2 is 2.08 bits per heavy atom. The van der Waals surface area contributed by atoms with Gasteiger partial charge in [0, 0.05) is 18.1 Å². The lowest BCUT2D eigenvalue weighted by atomic mass is 10.1. The predicted octanol–water partition coefficient (Wildman–Crippen LogP) is 1.99. The maximum Gasteiger partial charge on any atom is 0.254 e. The Morgan fingerprint density at radius 1 is 1.42 bits per heavy atom. The van der Waals surface area contributed by atoms with E-state index >= 15 is 0 Å². The number of nitriles is 1. The highest BCUT2D eigenvalue weighted by Gasteiger charge is 2.33. The van der Waals surface area contributed by atoms with E-state index in [1.807, 2.05) is 0 Å². The fourth-order valence-electron chi connectivity index (χ4n) is 2.81. The Morgan fingerprint density at radius 3 is 2.58 bits per heavy atom. The molecule has 26 heavy (non-hydrogen) atoms. The van der Waals surface area contributed by atoms with Crippen molar-refractivity contribution in [3.63, 3.8) is 0 Å². The Bertz CT molecular complexity index is 969. The number of carbonyl (C=O) groups excluding carboxylic acids is 1. The molecule has 1 aromatic carbocycles. The van der Waals surface area contributed by atoms with Crippen molar-refractivity contribution in [3.8, 4) is 6.07 Å². The number of nitrogens with two attached hydrogens (primary N) is 1. The smallest absolute Gasteiger partial charge is 0.254 e. The maximum absolute atomic E-state index is 11.8. The molecule has 8 nitrogen and oxygen atoms in total. The van der Waals surface area contributed by atoms with Gasteiger partial charge in [0.2, 0.25) is 0 Å². The molecule has 1 saturated carbocycles. The molecule has 3 rings (SSSR count). The molecule has 1 fully saturated rings. The van der Waals surface area contributed by atoms with Crippen LogP contribution in [0.2, 0.25) is 0 Å². The summed E-state index contributed by atoms with van der Waals surface area (Å²) in [5.41, 5.74) is 6.25. The minimum atomic E-state index is -3.28. The van der Waals surface area contributed by atoms with E-state index in [2.05, 4.69) is 16.5 Å². The number of nitrogens with zero attached hydrogens (tertiary/aromatic N) is 3. The third-order valence-corrected chi connectivity index (χ3v) is 5.48. The quantitative estimate of drug-likeness (QED) is 0.763. The minimum absolute atomic E-state index is 0.0822. The zero-order valence-electron chi connectivity index (χ0n) is 14.2. The standard InChI is InChI=1S/C17H19N5O3S/c1-26(24,25)13-6-4-12(5-7-13)20-17-14(16(19)23)10-22(21-17)15(8-9-18)11-2-3-11/h4-7,10-11,15H,2-3,8H2,1H3,(H2,19,23)(H,20,21). The van der Waals surface area contributed by atoms with Crippen molar-refractivity contribution in [2.45, 2.75) is 30.2 Å². The number of hydrogen-bond acceptors (Lipinski definition) is 6. The van der Waals surface area contributed by atoms with Gasteiger partial charge in [-0.15, -0.1) is 0 Å². The zero-order valence-corrected chi connectivity index (χ0v) is 15.0. The molecule has 1 aliphatic carbocycles. The SMILES string of the molecule is CS(=O)(=O)c1ccc(Nc2nn(C(CC#N)C3CC3)cc2C(N)=O)cc1. The summed E-state index contributed by atoms with van der Waals surface area (Å²) in [5, 5.41) is 16.5. The third kappa shape index (κ3) is 3.86. The Kier molecular flexibility index (Phi) is 4.70. The number of nitrogens with one attached hydrogen (secondary N) is 1. The van der Waals surface area contributed by atoms with Crippen molar-refractivity contribution in [2.75, 3.05) is 11.6 Å². The van der Waals surface area contributed by atoms with Crippen LogP contribution in [0.25, 0.3) is 0 Å².